The fourth-order valence-electron chi connectivity index (χ4n) is 17.3. The van der Waals surface area contributed by atoms with Crippen molar-refractivity contribution in [1.29, 1.82) is 0 Å². The second-order valence-corrected chi connectivity index (χ2v) is 33.9. The van der Waals surface area contributed by atoms with Crippen molar-refractivity contribution in [3.8, 4) is 0 Å². The summed E-state index contributed by atoms with van der Waals surface area (Å²) in [4.78, 5) is 90.2. The van der Waals surface area contributed by atoms with E-state index in [1.54, 1.807) is 0 Å². The highest BCUT2D eigenvalue weighted by molar-refractivity contribution is 5.77. The summed E-state index contributed by atoms with van der Waals surface area (Å²) in [5.74, 6) is -11.0. The van der Waals surface area contributed by atoms with Gasteiger partial charge in [-0.3, -0.25) is 28.8 Å². The summed E-state index contributed by atoms with van der Waals surface area (Å²) in [6.45, 7) is -6.77. The number of aliphatic hydroxyl groups excluding tert-OH is 27. The van der Waals surface area contributed by atoms with E-state index in [9.17, 15) is 177 Å². The average molecular weight is 1970 g/mol. The largest absolute Gasteiger partial charge is 0.477 e. The van der Waals surface area contributed by atoms with E-state index in [0.717, 1.165) is 41.5 Å². The van der Waals surface area contributed by atoms with Gasteiger partial charge in [0.1, 0.15) is 238 Å². The smallest absolute Gasteiger partial charge is 0.364 e. The Labute approximate surface area is 764 Å². The number of carbonyl (C=O) groups excluding carboxylic acids is 6. The maximum absolute atomic E-state index is 13.4. The third-order valence-corrected chi connectivity index (χ3v) is 24.3. The SMILES string of the molecule is CC(=O)N[C@@H]1[C@@H](O)[C@H](O[C@@H]2O[C@H](CO)[C@@H](O[C@@H]3O[C@H](CO[C@H]4O[C@H](CO)[C@@H](O)[C@H](O)[C@@H]4O[C@@H]4O[C@H](CO)[C@@H](O)[C@H](O)[C@H]4NC(C)=O)[C@@H](O[C@@H]4O[C@H](CO)[C@@H](O)[C@H](O)[C@H]4NC(C)=O)[C@H](O[C@H]4O[C@H](CO)[C@@H](O)[C@H](O)[C@@H]4O[C@@H]4O[C@H](CO)[C@@H](O[C@@H]5O[C@H](CO[C@]6(C(=O)O)C[C@H](O)[C@@H](NC(C)=O)[C@H]([C@H](O)[C@H](O)CO)O6)[C@H](O)[C@H](O)[C@H]5O)[C@H](O)[C@H]4NC(C)=O)[C@@H]3O)[C@H](O)[C@H]2NC(C)=O)[C@@H](CO)O[C@H]1O. The van der Waals surface area contributed by atoms with Gasteiger partial charge in [0.2, 0.25) is 35.4 Å². The number of carboxylic acid groups (broad SMARTS) is 1. The number of ether oxygens (including phenoxy) is 19. The second-order valence-electron chi connectivity index (χ2n) is 33.9. The Kier molecular flexibility index (Phi) is 40.0. The number of rotatable bonds is 37. The van der Waals surface area contributed by atoms with E-state index in [-0.39, 0.29) is 0 Å². The van der Waals surface area contributed by atoms with Gasteiger partial charge in [0.15, 0.2) is 56.6 Å². The molecule has 0 aromatic rings. The molecule has 10 heterocycles. The van der Waals surface area contributed by atoms with Gasteiger partial charge in [-0.1, -0.05) is 0 Å². The first-order valence-corrected chi connectivity index (χ1v) is 42.7. The first-order chi connectivity index (χ1) is 63.7. The summed E-state index contributed by atoms with van der Waals surface area (Å²) in [5, 5.41) is 330. The standard InChI is InChI=1S/C75H124N6O54/c1-18(90)76-35-24(96)7-75(74(115)116,135-61(35)41(98)25(97)8-82)118-17-33-46(103)52(109)55(112)70(126-33)129-58-31(14-88)125-69(40(51(58)108)81-23(6)95)134-64-54(111)45(102)29(12-86)123-73(64)132-62-56(113)71(130-59-32(15-89)124-68(39(50(59)107)80-22(5)94)128-57-30(13-87)119-65(114)36(49(57)106)77-19(2)91)127-34(60(62)131-66-37(78-20(3)92)47(104)42(99)26(9-83)120-66)16-117-72-63(53(110)44(101)28(11-85)122-72)133-67-38(79-21(4)93)48(105)43(100)27(10-84)121-67/h24-73,82-89,96-114H,7-17H2,1-6H3,(H,76,90)(H,77,91)(H,78,92)(H,79,93)(H,80,94)(H,81,95)(H,115,116)/t24-,25+,26+,27+,28+,29+,30+,31+,32+,33+,34+,35+,36+,37+,38+,39+,40+,41+,42+,43+,44+,45+,46-,47+,48+,49+,50+,51+,52-,53-,54-,55+,56-,57+,58+,59+,60+,61+,62+,63-,64-,65+,66-,67-,68-,69-,70-,71-,72-,73+,75+/m0/s1. The van der Waals surface area contributed by atoms with Crippen LogP contribution in [-0.4, -0.2) is 563 Å². The van der Waals surface area contributed by atoms with Crippen LogP contribution in [0.15, 0.2) is 0 Å². The summed E-state index contributed by atoms with van der Waals surface area (Å²) in [6, 6.07) is -11.6. The molecule has 0 spiro atoms. The monoisotopic (exact) mass is 1970 g/mol. The predicted octanol–water partition coefficient (Wildman–Crippen LogP) is -22.7. The van der Waals surface area contributed by atoms with Crippen molar-refractivity contribution in [2.45, 2.75) is 360 Å². The minimum Gasteiger partial charge on any atom is -0.477 e. The Morgan fingerprint density at radius 3 is 1.03 bits per heavy atom. The van der Waals surface area contributed by atoms with Gasteiger partial charge in [-0.15, -0.1) is 0 Å². The first-order valence-electron chi connectivity index (χ1n) is 42.7. The predicted molar refractivity (Wildman–Crippen MR) is 416 cm³/mol. The van der Waals surface area contributed by atoms with Crippen LogP contribution in [0.4, 0.5) is 0 Å². The van der Waals surface area contributed by atoms with Gasteiger partial charge in [0.25, 0.3) is 5.79 Å². The lowest BCUT2D eigenvalue weighted by molar-refractivity contribution is -0.409. The molecule has 0 radical (unpaired) electrons. The molecule has 778 valence electrons. The number of aliphatic hydroxyl groups is 27. The number of nitrogens with one attached hydrogen (secondary N) is 6. The molecule has 0 saturated carbocycles. The average Bonchev–Trinajstić information content (AvgIpc) is 0.761. The van der Waals surface area contributed by atoms with Crippen molar-refractivity contribution in [3.05, 3.63) is 0 Å². The lowest BCUT2D eigenvalue weighted by Gasteiger charge is -2.52. The number of aliphatic carboxylic acids is 1. The van der Waals surface area contributed by atoms with Crippen molar-refractivity contribution in [1.82, 2.24) is 31.9 Å². The number of amides is 6. The van der Waals surface area contributed by atoms with E-state index in [1.165, 1.54) is 0 Å². The van der Waals surface area contributed by atoms with Crippen LogP contribution in [0.25, 0.3) is 0 Å². The molecule has 6 amide bonds. The molecule has 135 heavy (non-hydrogen) atoms. The van der Waals surface area contributed by atoms with Gasteiger partial charge in [0, 0.05) is 48.0 Å². The number of carbonyl (C=O) groups is 7. The number of hydrogen-bond acceptors (Lipinski definition) is 53. The van der Waals surface area contributed by atoms with Crippen molar-refractivity contribution >= 4 is 41.4 Å². The minimum absolute atomic E-state index is 0.834. The number of hydrogen-bond donors (Lipinski definition) is 34. The highest BCUT2D eigenvalue weighted by atomic mass is 16.8. The Hall–Kier alpha value is -5.55. The maximum Gasteiger partial charge on any atom is 0.364 e. The summed E-state index contributed by atoms with van der Waals surface area (Å²) in [5.41, 5.74) is 0. The highest BCUT2D eigenvalue weighted by Gasteiger charge is 2.64. The van der Waals surface area contributed by atoms with E-state index in [4.69, 9.17) is 90.0 Å². The molecule has 10 aliphatic heterocycles. The second kappa shape index (κ2) is 48.5. The van der Waals surface area contributed by atoms with E-state index >= 15 is 0 Å². The molecular formula is C75H124N6O54. The highest BCUT2D eigenvalue weighted by Crippen LogP contribution is 2.43. The van der Waals surface area contributed by atoms with Crippen LogP contribution in [0.3, 0.4) is 0 Å². The molecule has 10 aliphatic rings. The van der Waals surface area contributed by atoms with E-state index in [0.29, 0.717) is 0 Å². The Morgan fingerprint density at radius 2 is 0.615 bits per heavy atom. The zero-order chi connectivity index (χ0) is 99.9. The molecule has 10 fully saturated rings. The van der Waals surface area contributed by atoms with Crippen LogP contribution in [0.1, 0.15) is 48.0 Å². The van der Waals surface area contributed by atoms with Gasteiger partial charge in [-0.25, -0.2) is 4.79 Å². The third kappa shape index (κ3) is 25.2. The van der Waals surface area contributed by atoms with Crippen LogP contribution in [0.2, 0.25) is 0 Å². The lowest BCUT2D eigenvalue weighted by Crippen LogP contribution is -2.71. The summed E-state index contributed by atoms with van der Waals surface area (Å²) in [6.07, 6.45) is -100. The molecule has 0 unspecified atom stereocenters. The quantitative estimate of drug-likeness (QED) is 0.0275. The molecule has 0 bridgehead atoms. The molecular weight excluding hydrogens is 1850 g/mol. The summed E-state index contributed by atoms with van der Waals surface area (Å²) in [7, 11) is 0. The van der Waals surface area contributed by atoms with E-state index < -0.39 is 426 Å². The molecule has 60 nitrogen and oxygen atoms in total. The Bertz CT molecular complexity index is 3820. The molecule has 60 heteroatoms. The van der Waals surface area contributed by atoms with Crippen LogP contribution in [-0.2, 0) is 124 Å². The van der Waals surface area contributed by atoms with Gasteiger partial charge >= 0.3 is 5.97 Å². The third-order valence-electron chi connectivity index (χ3n) is 24.3. The van der Waals surface area contributed by atoms with Crippen molar-refractivity contribution in [3.63, 3.8) is 0 Å². The van der Waals surface area contributed by atoms with E-state index in [1.807, 2.05) is 0 Å². The fraction of sp³-hybridized carbons (Fsp3) is 0.907. The maximum atomic E-state index is 13.4. The van der Waals surface area contributed by atoms with Gasteiger partial charge < -0.3 is 265 Å². The number of carboxylic acids is 1. The van der Waals surface area contributed by atoms with Gasteiger partial charge in [0.05, 0.1) is 78.2 Å². The van der Waals surface area contributed by atoms with Crippen LogP contribution in [0, 0.1) is 0 Å². The van der Waals surface area contributed by atoms with Crippen molar-refractivity contribution in [2.24, 2.45) is 0 Å². The normalized spacial score (nSPS) is 46.4. The molecule has 10 rings (SSSR count). The van der Waals surface area contributed by atoms with E-state index in [2.05, 4.69) is 31.9 Å². The first kappa shape index (κ1) is 111. The van der Waals surface area contributed by atoms with Crippen LogP contribution < -0.4 is 31.9 Å². The Morgan fingerprint density at radius 1 is 0.304 bits per heavy atom. The zero-order valence-corrected chi connectivity index (χ0v) is 72.8. The van der Waals surface area contributed by atoms with Gasteiger partial charge in [-0.2, -0.15) is 0 Å². The van der Waals surface area contributed by atoms with Crippen molar-refractivity contribution < 1.29 is 267 Å². The Balaban J connectivity index is 1.05. The minimum atomic E-state index is -3.13. The van der Waals surface area contributed by atoms with Gasteiger partial charge in [-0.05, 0) is 0 Å². The fourth-order valence-corrected chi connectivity index (χ4v) is 17.3. The lowest BCUT2D eigenvalue weighted by atomic mass is 9.88. The molecule has 51 atom stereocenters. The topological polar surface area (TPSA) is 933 Å². The summed E-state index contributed by atoms with van der Waals surface area (Å²) < 4.78 is 116. The summed E-state index contributed by atoms with van der Waals surface area (Å²) >= 11 is 0. The molecule has 34 N–H and O–H groups in total. The molecule has 10 saturated heterocycles. The van der Waals surface area contributed by atoms with Crippen LogP contribution in [0.5, 0.6) is 0 Å². The van der Waals surface area contributed by atoms with Crippen LogP contribution >= 0.6 is 0 Å². The molecule has 0 aliphatic carbocycles. The molecule has 0 aromatic heterocycles. The molecule has 0 aromatic carbocycles. The van der Waals surface area contributed by atoms with Crippen molar-refractivity contribution in [2.75, 3.05) is 66.1 Å². The zero-order valence-electron chi connectivity index (χ0n) is 72.8.